The van der Waals surface area contributed by atoms with Gasteiger partial charge in [-0.05, 0) is 101 Å². The number of fused-ring (bicyclic) bond motifs is 2. The first-order valence-electron chi connectivity index (χ1n) is 21.1. The number of ether oxygens (including phenoxy) is 1. The van der Waals surface area contributed by atoms with Crippen LogP contribution in [0.4, 0.5) is 24.5 Å². The van der Waals surface area contributed by atoms with E-state index in [0.29, 0.717) is 35.8 Å². The number of hydrogen-bond donors (Lipinski definition) is 4. The summed E-state index contributed by atoms with van der Waals surface area (Å²) in [5.41, 5.74) is -0.709. The summed E-state index contributed by atoms with van der Waals surface area (Å²) in [6, 6.07) is 10.7. The van der Waals surface area contributed by atoms with Gasteiger partial charge in [0.05, 0.1) is 41.0 Å². The van der Waals surface area contributed by atoms with Crippen molar-refractivity contribution >= 4 is 51.8 Å². The molecule has 1 unspecified atom stereocenters. The van der Waals surface area contributed by atoms with Crippen LogP contribution in [0.3, 0.4) is 0 Å². The van der Waals surface area contributed by atoms with Gasteiger partial charge in [-0.2, -0.15) is 18.3 Å². The third-order valence-corrected chi connectivity index (χ3v) is 12.3. The van der Waals surface area contributed by atoms with Crippen LogP contribution in [0.25, 0.3) is 10.9 Å². The first-order valence-corrected chi connectivity index (χ1v) is 21.1. The average molecular weight is 859 g/mol. The fourth-order valence-electron chi connectivity index (χ4n) is 9.09. The van der Waals surface area contributed by atoms with Gasteiger partial charge in [-0.15, -0.1) is 0 Å². The first-order chi connectivity index (χ1) is 29.5. The number of alkyl halides is 3. The Hall–Kier alpha value is -5.72. The highest BCUT2D eigenvalue weighted by atomic mass is 19.4. The number of carbonyl (C=O) groups is 5. The molecule has 18 heteroatoms. The van der Waals surface area contributed by atoms with Gasteiger partial charge < -0.3 is 20.5 Å². The molecule has 3 aliphatic heterocycles. The molecule has 5 heterocycles. The maximum Gasteiger partial charge on any atom is 0.433 e. The Morgan fingerprint density at radius 3 is 2.50 bits per heavy atom. The molecule has 2 saturated heterocycles. The fraction of sp³-hybridized carbons (Fsp3) is 0.477. The Morgan fingerprint density at radius 1 is 0.984 bits per heavy atom. The van der Waals surface area contributed by atoms with Crippen LogP contribution in [0.1, 0.15) is 114 Å². The third kappa shape index (κ3) is 9.08. The molecule has 2 aromatic heterocycles. The van der Waals surface area contributed by atoms with Gasteiger partial charge in [0.1, 0.15) is 17.4 Å². The molecule has 2 aromatic carbocycles. The molecule has 3 fully saturated rings. The SMILES string of the molecule is CC(C)(O)c1cc2nn([C@H]3CC[C@H](CN4CCO[C@@H](CCCNc5cccc6c5C(=O)N(C5CCC(=O)NC5=O)C6=O)C4)CC3)cc2cc1NC(=O)c1cccc(C(F)(F)F)n1. The third-order valence-electron chi connectivity index (χ3n) is 12.3. The largest absolute Gasteiger partial charge is 0.433 e. The number of morpholine rings is 1. The average Bonchev–Trinajstić information content (AvgIpc) is 3.76. The molecule has 2 atom stereocenters. The maximum atomic E-state index is 13.4. The molecule has 0 bridgehead atoms. The molecule has 5 amide bonds. The summed E-state index contributed by atoms with van der Waals surface area (Å²) in [6.45, 7) is 6.93. The van der Waals surface area contributed by atoms with Crippen LogP contribution >= 0.6 is 0 Å². The van der Waals surface area contributed by atoms with Crippen LogP contribution in [-0.4, -0.2) is 104 Å². The van der Waals surface area contributed by atoms with Crippen molar-refractivity contribution in [2.75, 3.05) is 43.4 Å². The van der Waals surface area contributed by atoms with Gasteiger partial charge in [-0.1, -0.05) is 12.1 Å². The summed E-state index contributed by atoms with van der Waals surface area (Å²) in [6.07, 6.45) is 2.84. The monoisotopic (exact) mass is 858 g/mol. The topological polar surface area (TPSA) is 188 Å². The first kappa shape index (κ1) is 42.9. The van der Waals surface area contributed by atoms with E-state index in [1.54, 1.807) is 44.2 Å². The second-order valence-electron chi connectivity index (χ2n) is 17.2. The Labute approximate surface area is 355 Å². The lowest BCUT2D eigenvalue weighted by atomic mass is 9.85. The summed E-state index contributed by atoms with van der Waals surface area (Å²) in [5.74, 6) is -2.47. The van der Waals surface area contributed by atoms with E-state index in [0.717, 1.165) is 80.6 Å². The zero-order chi connectivity index (χ0) is 43.9. The quantitative estimate of drug-likeness (QED) is 0.102. The van der Waals surface area contributed by atoms with Gasteiger partial charge in [-0.25, -0.2) is 4.98 Å². The molecule has 1 saturated carbocycles. The van der Waals surface area contributed by atoms with Gasteiger partial charge in [0, 0.05) is 61.1 Å². The van der Waals surface area contributed by atoms with E-state index >= 15 is 0 Å². The van der Waals surface area contributed by atoms with E-state index in [4.69, 9.17) is 9.84 Å². The fourth-order valence-corrected chi connectivity index (χ4v) is 9.09. The van der Waals surface area contributed by atoms with Crippen LogP contribution < -0.4 is 16.0 Å². The number of nitrogens with one attached hydrogen (secondary N) is 3. The Balaban J connectivity index is 0.821. The molecule has 8 rings (SSSR count). The van der Waals surface area contributed by atoms with Gasteiger partial charge >= 0.3 is 6.18 Å². The van der Waals surface area contributed by atoms with Crippen molar-refractivity contribution in [1.82, 2.24) is 29.9 Å². The van der Waals surface area contributed by atoms with Crippen LogP contribution in [0, 0.1) is 5.92 Å². The summed E-state index contributed by atoms with van der Waals surface area (Å²) < 4.78 is 47.9. The molecular formula is C44H49F3N8O7. The number of hydrogen-bond acceptors (Lipinski definition) is 11. The van der Waals surface area contributed by atoms with Crippen molar-refractivity contribution in [2.45, 2.75) is 95.2 Å². The second kappa shape index (κ2) is 17.2. The number of imide groups is 2. The van der Waals surface area contributed by atoms with Crippen LogP contribution in [0.15, 0.2) is 54.7 Å². The maximum absolute atomic E-state index is 13.4. The summed E-state index contributed by atoms with van der Waals surface area (Å²) in [4.78, 5) is 70.8. The molecule has 0 radical (unpaired) electrons. The number of pyridine rings is 1. The van der Waals surface area contributed by atoms with Crippen molar-refractivity contribution < 1.29 is 47.0 Å². The predicted octanol–water partition coefficient (Wildman–Crippen LogP) is 5.66. The van der Waals surface area contributed by atoms with E-state index in [-0.39, 0.29) is 41.8 Å². The van der Waals surface area contributed by atoms with Gasteiger partial charge in [0.15, 0.2) is 0 Å². The number of amides is 5. The number of anilines is 2. The van der Waals surface area contributed by atoms with E-state index in [9.17, 15) is 42.3 Å². The zero-order valence-corrected chi connectivity index (χ0v) is 34.5. The second-order valence-corrected chi connectivity index (χ2v) is 17.2. The molecule has 15 nitrogen and oxygen atoms in total. The molecule has 4 N–H and O–H groups in total. The lowest BCUT2D eigenvalue weighted by Gasteiger charge is -2.37. The van der Waals surface area contributed by atoms with Crippen molar-refractivity contribution in [3.8, 4) is 0 Å². The minimum absolute atomic E-state index is 0.0517. The number of nitrogens with zero attached hydrogens (tertiary/aromatic N) is 5. The normalized spacial score (nSPS) is 22.5. The highest BCUT2D eigenvalue weighted by Gasteiger charge is 2.45. The zero-order valence-electron chi connectivity index (χ0n) is 34.5. The van der Waals surface area contributed by atoms with E-state index in [2.05, 4.69) is 25.8 Å². The van der Waals surface area contributed by atoms with Crippen molar-refractivity contribution in [3.05, 3.63) is 82.8 Å². The number of halogens is 3. The lowest BCUT2D eigenvalue weighted by molar-refractivity contribution is -0.141. The summed E-state index contributed by atoms with van der Waals surface area (Å²) in [7, 11) is 0. The number of aromatic nitrogens is 3. The molecule has 1 aliphatic carbocycles. The summed E-state index contributed by atoms with van der Waals surface area (Å²) in [5, 5.41) is 24.8. The van der Waals surface area contributed by atoms with Crippen LogP contribution in [0.2, 0.25) is 0 Å². The molecule has 4 aliphatic rings. The van der Waals surface area contributed by atoms with Crippen LogP contribution in [-0.2, 0) is 26.1 Å². The summed E-state index contributed by atoms with van der Waals surface area (Å²) >= 11 is 0. The minimum atomic E-state index is -4.70. The van der Waals surface area contributed by atoms with Crippen molar-refractivity contribution in [2.24, 2.45) is 5.92 Å². The highest BCUT2D eigenvalue weighted by molar-refractivity contribution is 6.25. The number of benzene rings is 2. The molecule has 4 aromatic rings. The van der Waals surface area contributed by atoms with E-state index in [1.165, 1.54) is 6.07 Å². The van der Waals surface area contributed by atoms with Crippen molar-refractivity contribution in [1.29, 1.82) is 0 Å². The van der Waals surface area contributed by atoms with Crippen molar-refractivity contribution in [3.63, 3.8) is 0 Å². The number of piperidine rings is 1. The minimum Gasteiger partial charge on any atom is -0.386 e. The highest BCUT2D eigenvalue weighted by Crippen LogP contribution is 2.37. The van der Waals surface area contributed by atoms with Crippen LogP contribution in [0.5, 0.6) is 0 Å². The van der Waals surface area contributed by atoms with Gasteiger partial charge in [-0.3, -0.25) is 43.8 Å². The lowest BCUT2D eigenvalue weighted by Crippen LogP contribution is -2.54. The Morgan fingerprint density at radius 2 is 1.76 bits per heavy atom. The van der Waals surface area contributed by atoms with E-state index in [1.807, 2.05) is 10.9 Å². The molecular weight excluding hydrogens is 810 g/mol. The Bertz CT molecular complexity index is 2410. The van der Waals surface area contributed by atoms with Gasteiger partial charge in [0.25, 0.3) is 17.7 Å². The number of carbonyl (C=O) groups excluding carboxylic acids is 5. The number of rotatable bonds is 12. The molecule has 62 heavy (non-hydrogen) atoms. The molecule has 328 valence electrons. The smallest absolute Gasteiger partial charge is 0.386 e. The Kier molecular flexibility index (Phi) is 11.9. The number of aliphatic hydroxyl groups is 1. The predicted molar refractivity (Wildman–Crippen MR) is 220 cm³/mol. The standard InChI is InChI=1S/C44H49F3N8O7/c1-43(2,61)30-21-33-26(20-34(30)50-39(57)32-9-4-10-36(49-32)44(45,46)47)23-54(52-33)27-13-11-25(12-14-27)22-53-18-19-62-28(24-53)6-5-17-48-31-8-3-7-29-38(31)42(60)55(41(29)59)35-15-16-37(56)51-40(35)58/h3-4,7-10,20-21,23,25,27-28,35,48,61H,5-6,11-19,22,24H2,1-2H3,(H,50,57)(H,51,56,58)/t25-,27-,28-,35?/m0/s1. The van der Waals surface area contributed by atoms with E-state index < -0.39 is 58.7 Å². The molecule has 0 spiro atoms. The van der Waals surface area contributed by atoms with Gasteiger partial charge in [0.2, 0.25) is 11.8 Å².